The molecule has 1 aliphatic heterocycles. The molecular weight excluding hydrogens is 592 g/mol. The number of aromatic nitrogens is 2. The second kappa shape index (κ2) is 15.5. The van der Waals surface area contributed by atoms with Crippen molar-refractivity contribution in [1.82, 2.24) is 15.1 Å². The van der Waals surface area contributed by atoms with E-state index < -0.39 is 29.0 Å². The minimum Gasteiger partial charge on any atom is -0.490 e. The fourth-order valence-electron chi connectivity index (χ4n) is 5.95. The van der Waals surface area contributed by atoms with E-state index in [-0.39, 0.29) is 49.4 Å². The zero-order valence-electron chi connectivity index (χ0n) is 26.0. The highest BCUT2D eigenvalue weighted by atomic mass is 16.6. The monoisotopic (exact) mass is 632 g/mol. The van der Waals surface area contributed by atoms with E-state index in [1.54, 1.807) is 0 Å². The molecule has 2 fully saturated rings. The predicted molar refractivity (Wildman–Crippen MR) is 169 cm³/mol. The number of piperidine rings is 1. The van der Waals surface area contributed by atoms with Gasteiger partial charge in [0.2, 0.25) is 5.88 Å². The van der Waals surface area contributed by atoms with Crippen LogP contribution in [0.3, 0.4) is 0 Å². The highest BCUT2D eigenvalue weighted by Gasteiger charge is 2.35. The number of carboxylic acid groups (broad SMARTS) is 1. The Kier molecular flexibility index (Phi) is 11.0. The number of nitro benzene ring substituents is 1. The number of aryl methyl sites for hydroxylation is 1. The molecule has 0 spiro atoms. The molecule has 0 radical (unpaired) electrons. The molecule has 1 N–H and O–H groups in total. The minimum absolute atomic E-state index is 0.0403. The van der Waals surface area contributed by atoms with Crippen LogP contribution in [0.25, 0.3) is 11.1 Å². The molecule has 46 heavy (non-hydrogen) atoms. The summed E-state index contributed by atoms with van der Waals surface area (Å²) in [7, 11) is 0. The van der Waals surface area contributed by atoms with E-state index in [9.17, 15) is 24.8 Å². The lowest BCUT2D eigenvalue weighted by Crippen LogP contribution is -2.49. The van der Waals surface area contributed by atoms with Crippen molar-refractivity contribution in [1.29, 1.82) is 0 Å². The lowest BCUT2D eigenvalue weighted by Gasteiger charge is -2.36. The number of benzene rings is 2. The second-order valence-electron chi connectivity index (χ2n) is 11.9. The second-order valence-corrected chi connectivity index (χ2v) is 11.9. The Morgan fingerprint density at radius 2 is 1.76 bits per heavy atom. The fraction of sp³-hybridized carbons (Fsp3) is 0.471. The van der Waals surface area contributed by atoms with Crippen molar-refractivity contribution >= 4 is 17.7 Å². The van der Waals surface area contributed by atoms with Crippen molar-refractivity contribution in [3.63, 3.8) is 0 Å². The molecule has 2 aliphatic rings. The van der Waals surface area contributed by atoms with Gasteiger partial charge in [0.25, 0.3) is 5.69 Å². The number of nitro groups is 1. The number of non-ortho nitro benzene ring substituents is 1. The van der Waals surface area contributed by atoms with Crippen LogP contribution in [0.15, 0.2) is 54.6 Å². The summed E-state index contributed by atoms with van der Waals surface area (Å²) in [6.07, 6.45) is 7.41. The maximum absolute atomic E-state index is 12.9. The Morgan fingerprint density at radius 3 is 2.43 bits per heavy atom. The van der Waals surface area contributed by atoms with Gasteiger partial charge in [-0.3, -0.25) is 10.1 Å². The number of ether oxygens (including phenoxy) is 3. The third kappa shape index (κ3) is 8.49. The number of unbranched alkanes of at least 4 members (excludes halogenated alkanes) is 1. The number of rotatable bonds is 12. The van der Waals surface area contributed by atoms with Crippen molar-refractivity contribution in [3.05, 3.63) is 76.0 Å². The Balaban J connectivity index is 1.30. The van der Waals surface area contributed by atoms with Crippen LogP contribution in [0.4, 0.5) is 10.5 Å². The van der Waals surface area contributed by atoms with Gasteiger partial charge in [-0.1, -0.05) is 31.9 Å². The molecule has 1 amide bonds. The van der Waals surface area contributed by atoms with Crippen LogP contribution < -0.4 is 9.47 Å². The topological polar surface area (TPSA) is 154 Å². The Morgan fingerprint density at radius 1 is 1.02 bits per heavy atom. The fourth-order valence-corrected chi connectivity index (χ4v) is 5.95. The molecule has 1 aromatic heterocycles. The van der Waals surface area contributed by atoms with Crippen LogP contribution in [0.5, 0.6) is 11.6 Å². The maximum Gasteiger partial charge on any atom is 0.407 e. The van der Waals surface area contributed by atoms with Crippen LogP contribution >= 0.6 is 0 Å². The summed E-state index contributed by atoms with van der Waals surface area (Å²) < 4.78 is 18.1. The summed E-state index contributed by atoms with van der Waals surface area (Å²) in [6.45, 7) is 2.46. The Bertz CT molecular complexity index is 1490. The van der Waals surface area contributed by atoms with E-state index in [4.69, 9.17) is 14.2 Å². The first-order chi connectivity index (χ1) is 22.3. The smallest absolute Gasteiger partial charge is 0.407 e. The molecule has 244 valence electrons. The van der Waals surface area contributed by atoms with E-state index in [0.29, 0.717) is 0 Å². The van der Waals surface area contributed by atoms with Gasteiger partial charge in [0.15, 0.2) is 0 Å². The number of carbonyl (C=O) groups is 2. The number of nitrogens with zero attached hydrogens (tertiary/aromatic N) is 4. The number of esters is 1. The first-order valence-electron chi connectivity index (χ1n) is 16.0. The third-order valence-corrected chi connectivity index (χ3v) is 8.59. The summed E-state index contributed by atoms with van der Waals surface area (Å²) in [5.74, 6) is 0.00421. The largest absolute Gasteiger partial charge is 0.490 e. The van der Waals surface area contributed by atoms with E-state index in [1.807, 2.05) is 30.3 Å². The van der Waals surface area contributed by atoms with Crippen LogP contribution in [-0.4, -0.2) is 69.1 Å². The summed E-state index contributed by atoms with van der Waals surface area (Å²) in [5.41, 5.74) is 2.76. The van der Waals surface area contributed by atoms with Crippen LogP contribution in [0, 0.1) is 16.0 Å². The van der Waals surface area contributed by atoms with Gasteiger partial charge in [-0.25, -0.2) is 9.59 Å². The highest BCUT2D eigenvalue weighted by Crippen LogP contribution is 2.31. The van der Waals surface area contributed by atoms with Crippen molar-refractivity contribution in [2.75, 3.05) is 19.7 Å². The van der Waals surface area contributed by atoms with E-state index >= 15 is 0 Å². The molecule has 1 saturated carbocycles. The normalized spacial score (nSPS) is 18.5. The van der Waals surface area contributed by atoms with Crippen molar-refractivity contribution in [3.8, 4) is 22.8 Å². The summed E-state index contributed by atoms with van der Waals surface area (Å²) in [4.78, 5) is 36.4. The number of hydrogen-bond donors (Lipinski definition) is 1. The summed E-state index contributed by atoms with van der Waals surface area (Å²) in [6, 6.07) is 15.0. The Hall–Kier alpha value is -4.74. The van der Waals surface area contributed by atoms with Gasteiger partial charge in [-0.15, -0.1) is 5.10 Å². The van der Waals surface area contributed by atoms with Gasteiger partial charge in [0.05, 0.1) is 28.9 Å². The van der Waals surface area contributed by atoms with E-state index in [2.05, 4.69) is 17.1 Å². The van der Waals surface area contributed by atoms with Gasteiger partial charge in [-0.2, -0.15) is 5.10 Å². The molecule has 1 aliphatic carbocycles. The summed E-state index contributed by atoms with van der Waals surface area (Å²) in [5, 5.41) is 29.4. The third-order valence-electron chi connectivity index (χ3n) is 8.59. The lowest BCUT2D eigenvalue weighted by atomic mass is 9.95. The Labute approximate surface area is 267 Å². The standard InChI is InChI=1S/C34H40N4O8/c1-2-3-9-30-29(23-12-16-28(17-13-23)45-27-7-5-4-6-8-27)20-32(36-35-30)44-22-25-21-37(34(40)41)19-18-31(25)46-33(39)24-10-14-26(15-11-24)38(42)43/h10-17,20,25,27,31H,2-9,18-19,21-22H2,1H3,(H,40,41)/t25-,31+/m0/s1. The van der Waals surface area contributed by atoms with Crippen LogP contribution in [0.2, 0.25) is 0 Å². The molecular formula is C34H40N4O8. The van der Waals surface area contributed by atoms with Crippen molar-refractivity contribution < 1.29 is 33.8 Å². The molecule has 2 atom stereocenters. The molecule has 3 aromatic rings. The number of carbonyl (C=O) groups excluding carboxylic acids is 1. The number of likely N-dealkylation sites (tertiary alicyclic amines) is 1. The lowest BCUT2D eigenvalue weighted by molar-refractivity contribution is -0.384. The highest BCUT2D eigenvalue weighted by molar-refractivity contribution is 5.89. The van der Waals surface area contributed by atoms with Gasteiger partial charge in [0, 0.05) is 49.2 Å². The van der Waals surface area contributed by atoms with Crippen LogP contribution in [-0.2, 0) is 11.2 Å². The van der Waals surface area contributed by atoms with Crippen molar-refractivity contribution in [2.24, 2.45) is 5.92 Å². The predicted octanol–water partition coefficient (Wildman–Crippen LogP) is 6.71. The maximum atomic E-state index is 12.9. The molecule has 0 bridgehead atoms. The molecule has 0 unspecified atom stereocenters. The average Bonchev–Trinajstić information content (AvgIpc) is 3.07. The first kappa shape index (κ1) is 32.6. The molecule has 2 aromatic carbocycles. The molecule has 1 saturated heterocycles. The molecule has 2 heterocycles. The molecule has 12 nitrogen and oxygen atoms in total. The van der Waals surface area contributed by atoms with E-state index in [0.717, 1.165) is 54.7 Å². The SMILES string of the molecule is CCCCc1nnc(OC[C@@H]2CN(C(=O)O)CC[C@H]2OC(=O)c2ccc([N+](=O)[O-])cc2)cc1-c1ccc(OC2CCCCC2)cc1. The quantitative estimate of drug-likeness (QED) is 0.129. The van der Waals surface area contributed by atoms with E-state index in [1.165, 1.54) is 48.4 Å². The molecule has 5 rings (SSSR count). The number of hydrogen-bond acceptors (Lipinski definition) is 9. The van der Waals surface area contributed by atoms with Crippen LogP contribution in [0.1, 0.15) is 74.3 Å². The minimum atomic E-state index is -1.07. The zero-order valence-corrected chi connectivity index (χ0v) is 26.0. The first-order valence-corrected chi connectivity index (χ1v) is 16.0. The zero-order chi connectivity index (χ0) is 32.5. The number of amides is 1. The van der Waals surface area contributed by atoms with Gasteiger partial charge in [-0.05, 0) is 68.4 Å². The van der Waals surface area contributed by atoms with Gasteiger partial charge in [0.1, 0.15) is 11.9 Å². The summed E-state index contributed by atoms with van der Waals surface area (Å²) >= 11 is 0. The van der Waals surface area contributed by atoms with Gasteiger partial charge >= 0.3 is 12.1 Å². The van der Waals surface area contributed by atoms with Crippen molar-refractivity contribution in [2.45, 2.75) is 76.9 Å². The molecule has 12 heteroatoms. The van der Waals surface area contributed by atoms with Gasteiger partial charge < -0.3 is 24.2 Å². The average molecular weight is 633 g/mol.